The maximum absolute atomic E-state index is 12.7. The second-order valence-corrected chi connectivity index (χ2v) is 6.21. The van der Waals surface area contributed by atoms with Gasteiger partial charge in [0.05, 0.1) is 0 Å². The highest BCUT2D eigenvalue weighted by atomic mass is 16.2. The van der Waals surface area contributed by atoms with Crippen molar-refractivity contribution in [2.24, 2.45) is 5.92 Å². The predicted molar refractivity (Wildman–Crippen MR) is 90.6 cm³/mol. The summed E-state index contributed by atoms with van der Waals surface area (Å²) in [5.74, 6) is 0.644. The van der Waals surface area contributed by atoms with Gasteiger partial charge in [0.15, 0.2) is 0 Å². The molecule has 1 fully saturated rings. The molecule has 2 aromatic rings. The van der Waals surface area contributed by atoms with E-state index in [1.807, 2.05) is 35.2 Å². The molecule has 1 aromatic carbocycles. The summed E-state index contributed by atoms with van der Waals surface area (Å²) in [6.07, 6.45) is 5.94. The Morgan fingerprint density at radius 1 is 1.17 bits per heavy atom. The first kappa shape index (κ1) is 15.5. The standard InChI is InChI=1S/C19H23N3O/c1-15(18-7-8-18)22(14-17-5-3-2-4-6-17)19(23)21-13-16-9-11-20-12-10-16/h2-6,9-12,15,18H,7-8,13-14H2,1H3,(H,21,23)/t15-/m0/s1. The van der Waals surface area contributed by atoms with E-state index in [1.165, 1.54) is 18.4 Å². The van der Waals surface area contributed by atoms with Crippen molar-refractivity contribution in [1.29, 1.82) is 0 Å². The highest BCUT2D eigenvalue weighted by Gasteiger charge is 2.34. The van der Waals surface area contributed by atoms with Crippen LogP contribution in [0.1, 0.15) is 30.9 Å². The Labute approximate surface area is 137 Å². The van der Waals surface area contributed by atoms with Crippen LogP contribution in [0.5, 0.6) is 0 Å². The Balaban J connectivity index is 1.65. The molecule has 0 radical (unpaired) electrons. The lowest BCUT2D eigenvalue weighted by Crippen LogP contribution is -2.45. The number of pyridine rings is 1. The van der Waals surface area contributed by atoms with E-state index in [1.54, 1.807) is 12.4 Å². The Hall–Kier alpha value is -2.36. The zero-order valence-corrected chi connectivity index (χ0v) is 13.5. The number of nitrogens with one attached hydrogen (secondary N) is 1. The number of benzene rings is 1. The van der Waals surface area contributed by atoms with Gasteiger partial charge < -0.3 is 10.2 Å². The molecule has 0 aliphatic heterocycles. The van der Waals surface area contributed by atoms with Crippen LogP contribution in [-0.4, -0.2) is 22.0 Å². The SMILES string of the molecule is C[C@@H](C1CC1)N(Cc1ccccc1)C(=O)NCc1ccncc1. The van der Waals surface area contributed by atoms with Gasteiger partial charge in [0.25, 0.3) is 0 Å². The lowest BCUT2D eigenvalue weighted by molar-refractivity contribution is 0.167. The summed E-state index contributed by atoms with van der Waals surface area (Å²) >= 11 is 0. The molecule has 4 nitrogen and oxygen atoms in total. The Bertz CT molecular complexity index is 626. The first-order chi connectivity index (χ1) is 11.2. The van der Waals surface area contributed by atoms with Gasteiger partial charge in [-0.15, -0.1) is 0 Å². The number of urea groups is 1. The third kappa shape index (κ3) is 4.31. The summed E-state index contributed by atoms with van der Waals surface area (Å²) < 4.78 is 0. The van der Waals surface area contributed by atoms with Crippen LogP contribution >= 0.6 is 0 Å². The van der Waals surface area contributed by atoms with Gasteiger partial charge in [0.2, 0.25) is 0 Å². The molecule has 23 heavy (non-hydrogen) atoms. The Morgan fingerprint density at radius 2 is 1.87 bits per heavy atom. The van der Waals surface area contributed by atoms with Crippen molar-refractivity contribution in [2.75, 3.05) is 0 Å². The number of carbonyl (C=O) groups excluding carboxylic acids is 1. The smallest absolute Gasteiger partial charge is 0.318 e. The van der Waals surface area contributed by atoms with E-state index in [9.17, 15) is 4.79 Å². The normalized spacial score (nSPS) is 15.0. The summed E-state index contributed by atoms with van der Waals surface area (Å²) in [6, 6.07) is 14.3. The van der Waals surface area contributed by atoms with Crippen LogP contribution < -0.4 is 5.32 Å². The molecule has 3 rings (SSSR count). The molecule has 1 aliphatic carbocycles. The van der Waals surface area contributed by atoms with Crippen LogP contribution in [0.4, 0.5) is 4.79 Å². The van der Waals surface area contributed by atoms with Crippen LogP contribution in [0.3, 0.4) is 0 Å². The minimum Gasteiger partial charge on any atom is -0.334 e. The zero-order valence-electron chi connectivity index (χ0n) is 13.5. The fraction of sp³-hybridized carbons (Fsp3) is 0.368. The minimum atomic E-state index is 0.00469. The van der Waals surface area contributed by atoms with Crippen molar-refractivity contribution < 1.29 is 4.79 Å². The molecule has 1 N–H and O–H groups in total. The van der Waals surface area contributed by atoms with Crippen LogP contribution in [0.15, 0.2) is 54.9 Å². The molecular weight excluding hydrogens is 286 g/mol. The van der Waals surface area contributed by atoms with Gasteiger partial charge in [-0.25, -0.2) is 4.79 Å². The monoisotopic (exact) mass is 309 g/mol. The molecule has 1 saturated carbocycles. The fourth-order valence-corrected chi connectivity index (χ4v) is 2.79. The van der Waals surface area contributed by atoms with Crippen molar-refractivity contribution >= 4 is 6.03 Å². The maximum atomic E-state index is 12.7. The minimum absolute atomic E-state index is 0.00469. The van der Waals surface area contributed by atoms with Gasteiger partial charge in [-0.05, 0) is 48.9 Å². The molecule has 0 bridgehead atoms. The lowest BCUT2D eigenvalue weighted by atomic mass is 10.1. The van der Waals surface area contributed by atoms with Gasteiger partial charge in [0, 0.05) is 31.5 Å². The number of hydrogen-bond donors (Lipinski definition) is 1. The largest absolute Gasteiger partial charge is 0.334 e. The fourth-order valence-electron chi connectivity index (χ4n) is 2.79. The summed E-state index contributed by atoms with van der Waals surface area (Å²) in [7, 11) is 0. The summed E-state index contributed by atoms with van der Waals surface area (Å²) in [4.78, 5) is 18.7. The second-order valence-electron chi connectivity index (χ2n) is 6.21. The number of nitrogens with zero attached hydrogens (tertiary/aromatic N) is 2. The molecule has 0 saturated heterocycles. The number of aromatic nitrogens is 1. The van der Waals surface area contributed by atoms with E-state index in [-0.39, 0.29) is 12.1 Å². The highest BCUT2D eigenvalue weighted by Crippen LogP contribution is 2.35. The van der Waals surface area contributed by atoms with Crippen molar-refractivity contribution in [2.45, 2.75) is 38.9 Å². The molecule has 4 heteroatoms. The quantitative estimate of drug-likeness (QED) is 0.886. The predicted octanol–water partition coefficient (Wildman–Crippen LogP) is 3.59. The Morgan fingerprint density at radius 3 is 2.52 bits per heavy atom. The third-order valence-corrected chi connectivity index (χ3v) is 4.45. The molecule has 1 atom stereocenters. The average molecular weight is 309 g/mol. The molecule has 2 amide bonds. The first-order valence-corrected chi connectivity index (χ1v) is 8.21. The second kappa shape index (κ2) is 7.27. The molecule has 120 valence electrons. The summed E-state index contributed by atoms with van der Waals surface area (Å²) in [6.45, 7) is 3.34. The van der Waals surface area contributed by atoms with Gasteiger partial charge in [-0.1, -0.05) is 30.3 Å². The van der Waals surface area contributed by atoms with E-state index in [4.69, 9.17) is 0 Å². The Kier molecular flexibility index (Phi) is 4.91. The number of carbonyl (C=O) groups is 1. The van der Waals surface area contributed by atoms with E-state index in [2.05, 4.69) is 29.4 Å². The highest BCUT2D eigenvalue weighted by molar-refractivity contribution is 5.74. The van der Waals surface area contributed by atoms with Crippen LogP contribution in [-0.2, 0) is 13.1 Å². The third-order valence-electron chi connectivity index (χ3n) is 4.45. The lowest BCUT2D eigenvalue weighted by Gasteiger charge is -2.29. The van der Waals surface area contributed by atoms with E-state index < -0.39 is 0 Å². The van der Waals surface area contributed by atoms with Crippen molar-refractivity contribution in [3.8, 4) is 0 Å². The molecule has 0 unspecified atom stereocenters. The maximum Gasteiger partial charge on any atom is 0.318 e. The van der Waals surface area contributed by atoms with Gasteiger partial charge in [-0.2, -0.15) is 0 Å². The van der Waals surface area contributed by atoms with E-state index in [0.717, 1.165) is 5.56 Å². The molecule has 1 heterocycles. The van der Waals surface area contributed by atoms with Crippen molar-refractivity contribution in [1.82, 2.24) is 15.2 Å². The first-order valence-electron chi connectivity index (χ1n) is 8.21. The molecule has 0 spiro atoms. The molecule has 1 aliphatic rings. The van der Waals surface area contributed by atoms with Gasteiger partial charge in [0.1, 0.15) is 0 Å². The number of hydrogen-bond acceptors (Lipinski definition) is 2. The van der Waals surface area contributed by atoms with Crippen molar-refractivity contribution in [3.63, 3.8) is 0 Å². The zero-order chi connectivity index (χ0) is 16.1. The van der Waals surface area contributed by atoms with Crippen LogP contribution in [0, 0.1) is 5.92 Å². The average Bonchev–Trinajstić information content (AvgIpc) is 3.44. The number of rotatable bonds is 6. The number of amides is 2. The van der Waals surface area contributed by atoms with Crippen LogP contribution in [0.25, 0.3) is 0 Å². The van der Waals surface area contributed by atoms with E-state index >= 15 is 0 Å². The molecule has 1 aromatic heterocycles. The summed E-state index contributed by atoms with van der Waals surface area (Å²) in [5, 5.41) is 3.04. The topological polar surface area (TPSA) is 45.2 Å². The van der Waals surface area contributed by atoms with Gasteiger partial charge >= 0.3 is 6.03 Å². The molecular formula is C19H23N3O. The summed E-state index contributed by atoms with van der Waals surface area (Å²) in [5.41, 5.74) is 2.23. The van der Waals surface area contributed by atoms with Crippen molar-refractivity contribution in [3.05, 3.63) is 66.0 Å². The van der Waals surface area contributed by atoms with Gasteiger partial charge in [-0.3, -0.25) is 4.98 Å². The van der Waals surface area contributed by atoms with Crippen LogP contribution in [0.2, 0.25) is 0 Å². The van der Waals surface area contributed by atoms with E-state index in [0.29, 0.717) is 19.0 Å².